The van der Waals surface area contributed by atoms with Crippen LogP contribution in [0, 0.1) is 0 Å². The second-order valence-corrected chi connectivity index (χ2v) is 5.09. The van der Waals surface area contributed by atoms with Crippen molar-refractivity contribution < 1.29 is 4.42 Å². The SMILES string of the molecule is CCN1CCC(c2c(N)c(=O)oc3ccccc23)C1. The van der Waals surface area contributed by atoms with Crippen LogP contribution in [0.5, 0.6) is 0 Å². The van der Waals surface area contributed by atoms with E-state index in [1.165, 1.54) is 0 Å². The molecule has 1 fully saturated rings. The highest BCUT2D eigenvalue weighted by molar-refractivity contribution is 5.85. The number of hydrogen-bond acceptors (Lipinski definition) is 4. The highest BCUT2D eigenvalue weighted by Crippen LogP contribution is 2.34. The van der Waals surface area contributed by atoms with Gasteiger partial charge in [0.05, 0.1) is 0 Å². The number of likely N-dealkylation sites (tertiary alicyclic amines) is 1. The molecule has 1 aliphatic rings. The van der Waals surface area contributed by atoms with Crippen LogP contribution in [-0.2, 0) is 0 Å². The summed E-state index contributed by atoms with van der Waals surface area (Å²) in [6.07, 6.45) is 1.05. The fourth-order valence-electron chi connectivity index (χ4n) is 2.98. The van der Waals surface area contributed by atoms with Gasteiger partial charge in [0.25, 0.3) is 0 Å². The maximum Gasteiger partial charge on any atom is 0.359 e. The zero-order chi connectivity index (χ0) is 13.4. The predicted octanol–water partition coefficient (Wildman–Crippen LogP) is 2.18. The summed E-state index contributed by atoms with van der Waals surface area (Å²) >= 11 is 0. The van der Waals surface area contributed by atoms with E-state index in [9.17, 15) is 4.79 Å². The molecule has 1 atom stereocenters. The number of rotatable bonds is 2. The average molecular weight is 258 g/mol. The van der Waals surface area contributed by atoms with Crippen molar-refractivity contribution in [3.05, 3.63) is 40.2 Å². The van der Waals surface area contributed by atoms with Crippen LogP contribution < -0.4 is 11.4 Å². The van der Waals surface area contributed by atoms with Crippen molar-refractivity contribution in [3.8, 4) is 0 Å². The van der Waals surface area contributed by atoms with Gasteiger partial charge in [0.1, 0.15) is 11.3 Å². The van der Waals surface area contributed by atoms with Crippen molar-refractivity contribution >= 4 is 16.7 Å². The number of fused-ring (bicyclic) bond motifs is 1. The first-order valence-electron chi connectivity index (χ1n) is 6.74. The predicted molar refractivity (Wildman–Crippen MR) is 76.4 cm³/mol. The summed E-state index contributed by atoms with van der Waals surface area (Å²) in [5.41, 5.74) is 7.46. The molecule has 1 aromatic heterocycles. The number of benzene rings is 1. The van der Waals surface area contributed by atoms with Crippen molar-refractivity contribution in [2.45, 2.75) is 19.3 Å². The molecule has 0 spiro atoms. The number of likely N-dealkylation sites (N-methyl/N-ethyl adjacent to an activating group) is 1. The van der Waals surface area contributed by atoms with Gasteiger partial charge >= 0.3 is 5.63 Å². The molecule has 4 nitrogen and oxygen atoms in total. The molecule has 0 bridgehead atoms. The summed E-state index contributed by atoms with van der Waals surface area (Å²) < 4.78 is 5.25. The van der Waals surface area contributed by atoms with Gasteiger partial charge in [-0.15, -0.1) is 0 Å². The molecule has 100 valence electrons. The Balaban J connectivity index is 2.17. The third kappa shape index (κ3) is 2.02. The van der Waals surface area contributed by atoms with E-state index in [2.05, 4.69) is 11.8 Å². The molecule has 0 radical (unpaired) electrons. The van der Waals surface area contributed by atoms with E-state index < -0.39 is 5.63 Å². The van der Waals surface area contributed by atoms with Gasteiger partial charge in [0.2, 0.25) is 0 Å². The van der Waals surface area contributed by atoms with Gasteiger partial charge in [-0.05, 0) is 31.1 Å². The molecule has 1 aliphatic heterocycles. The number of nitrogens with zero attached hydrogens (tertiary/aromatic N) is 1. The number of nitrogen functional groups attached to an aromatic ring is 1. The minimum atomic E-state index is -0.413. The van der Waals surface area contributed by atoms with Gasteiger partial charge in [-0.2, -0.15) is 0 Å². The monoisotopic (exact) mass is 258 g/mol. The van der Waals surface area contributed by atoms with Crippen LogP contribution in [-0.4, -0.2) is 24.5 Å². The fraction of sp³-hybridized carbons (Fsp3) is 0.400. The van der Waals surface area contributed by atoms with Gasteiger partial charge in [-0.1, -0.05) is 25.1 Å². The molecular weight excluding hydrogens is 240 g/mol. The van der Waals surface area contributed by atoms with E-state index in [-0.39, 0.29) is 5.69 Å². The van der Waals surface area contributed by atoms with Crippen LogP contribution >= 0.6 is 0 Å². The molecule has 2 aromatic rings. The summed E-state index contributed by atoms with van der Waals surface area (Å²) in [4.78, 5) is 14.2. The number of nitrogens with two attached hydrogens (primary N) is 1. The Labute approximate surface area is 111 Å². The third-order valence-corrected chi connectivity index (χ3v) is 4.02. The van der Waals surface area contributed by atoms with Crippen LogP contribution in [0.4, 0.5) is 5.69 Å². The first kappa shape index (κ1) is 12.2. The Bertz CT molecular complexity index is 663. The van der Waals surface area contributed by atoms with Crippen molar-refractivity contribution in [1.29, 1.82) is 0 Å². The third-order valence-electron chi connectivity index (χ3n) is 4.02. The molecule has 2 N–H and O–H groups in total. The Morgan fingerprint density at radius 3 is 2.95 bits per heavy atom. The summed E-state index contributed by atoms with van der Waals surface area (Å²) in [6, 6.07) is 7.64. The zero-order valence-electron chi connectivity index (χ0n) is 11.1. The lowest BCUT2D eigenvalue weighted by Gasteiger charge is -2.16. The molecule has 0 aliphatic carbocycles. The summed E-state index contributed by atoms with van der Waals surface area (Å²) in [5.74, 6) is 0.328. The van der Waals surface area contributed by atoms with Crippen LogP contribution in [0.1, 0.15) is 24.8 Å². The van der Waals surface area contributed by atoms with Crippen molar-refractivity contribution in [2.24, 2.45) is 0 Å². The lowest BCUT2D eigenvalue weighted by atomic mass is 9.94. The maximum atomic E-state index is 11.9. The van der Waals surface area contributed by atoms with E-state index in [4.69, 9.17) is 10.2 Å². The first-order valence-corrected chi connectivity index (χ1v) is 6.74. The molecule has 19 heavy (non-hydrogen) atoms. The summed E-state index contributed by atoms with van der Waals surface area (Å²) in [6.45, 7) is 5.22. The van der Waals surface area contributed by atoms with Gasteiger partial charge in [0, 0.05) is 17.8 Å². The van der Waals surface area contributed by atoms with Crippen LogP contribution in [0.15, 0.2) is 33.5 Å². The Hall–Kier alpha value is -1.81. The van der Waals surface area contributed by atoms with Gasteiger partial charge in [-0.25, -0.2) is 4.79 Å². The molecule has 1 unspecified atom stereocenters. The second kappa shape index (κ2) is 4.70. The molecular formula is C15H18N2O2. The quantitative estimate of drug-likeness (QED) is 0.839. The molecule has 4 heteroatoms. The lowest BCUT2D eigenvalue weighted by molar-refractivity contribution is 0.354. The van der Waals surface area contributed by atoms with E-state index in [1.54, 1.807) is 0 Å². The Morgan fingerprint density at radius 1 is 1.42 bits per heavy atom. The van der Waals surface area contributed by atoms with Crippen LogP contribution in [0.2, 0.25) is 0 Å². The van der Waals surface area contributed by atoms with Gasteiger partial charge in [-0.3, -0.25) is 0 Å². The molecule has 3 rings (SSSR count). The van der Waals surface area contributed by atoms with Crippen molar-refractivity contribution in [2.75, 3.05) is 25.4 Å². The topological polar surface area (TPSA) is 59.5 Å². The molecule has 0 saturated carbocycles. The van der Waals surface area contributed by atoms with Crippen LogP contribution in [0.25, 0.3) is 11.0 Å². The summed E-state index contributed by atoms with van der Waals surface area (Å²) in [5, 5.41) is 0.975. The number of para-hydroxylation sites is 1. The molecule has 2 heterocycles. The fourth-order valence-corrected chi connectivity index (χ4v) is 2.98. The highest BCUT2D eigenvalue weighted by atomic mass is 16.4. The maximum absolute atomic E-state index is 11.9. The van der Waals surface area contributed by atoms with E-state index in [0.29, 0.717) is 11.5 Å². The van der Waals surface area contributed by atoms with E-state index in [1.807, 2.05) is 24.3 Å². The van der Waals surface area contributed by atoms with Crippen LogP contribution in [0.3, 0.4) is 0 Å². The molecule has 1 saturated heterocycles. The lowest BCUT2D eigenvalue weighted by Crippen LogP contribution is -2.20. The minimum Gasteiger partial charge on any atom is -0.421 e. The molecule has 1 aromatic carbocycles. The smallest absolute Gasteiger partial charge is 0.359 e. The number of anilines is 1. The normalized spacial score (nSPS) is 20.2. The average Bonchev–Trinajstić information content (AvgIpc) is 2.89. The standard InChI is InChI=1S/C15H18N2O2/c1-2-17-8-7-10(9-17)13-11-5-3-4-6-12(11)19-15(18)14(13)16/h3-6,10H,2,7-9,16H2,1H3. The highest BCUT2D eigenvalue weighted by Gasteiger charge is 2.27. The largest absolute Gasteiger partial charge is 0.421 e. The zero-order valence-corrected chi connectivity index (χ0v) is 11.1. The summed E-state index contributed by atoms with van der Waals surface area (Å²) in [7, 11) is 0. The van der Waals surface area contributed by atoms with E-state index in [0.717, 1.165) is 37.0 Å². The van der Waals surface area contributed by atoms with Crippen molar-refractivity contribution in [1.82, 2.24) is 4.90 Å². The van der Waals surface area contributed by atoms with E-state index >= 15 is 0 Å². The van der Waals surface area contributed by atoms with Gasteiger partial charge < -0.3 is 15.1 Å². The van der Waals surface area contributed by atoms with Gasteiger partial charge in [0.15, 0.2) is 0 Å². The molecule has 0 amide bonds. The van der Waals surface area contributed by atoms with Crippen molar-refractivity contribution in [3.63, 3.8) is 0 Å². The Morgan fingerprint density at radius 2 is 2.21 bits per heavy atom. The minimum absolute atomic E-state index is 0.279. The first-order chi connectivity index (χ1) is 9.20. The Kier molecular flexibility index (Phi) is 3.03. The number of hydrogen-bond donors (Lipinski definition) is 1. The second-order valence-electron chi connectivity index (χ2n) is 5.09.